The van der Waals surface area contributed by atoms with Crippen molar-refractivity contribution in [3.63, 3.8) is 0 Å². The number of halogens is 2. The minimum atomic E-state index is -0.385. The fourth-order valence-corrected chi connectivity index (χ4v) is 0.835. The molecular weight excluding hydrogens is 182 g/mol. The Labute approximate surface area is 62.6 Å². The van der Waals surface area contributed by atoms with Gasteiger partial charge in [-0.1, -0.05) is 27.5 Å². The van der Waals surface area contributed by atoms with E-state index >= 15 is 0 Å². The molecule has 3 heteroatoms. The lowest BCUT2D eigenvalue weighted by atomic mass is 9.96. The van der Waals surface area contributed by atoms with Gasteiger partial charge < -0.3 is 0 Å². The average Bonchev–Trinajstić information content (AvgIpc) is 1.80. The minimum Gasteiger partial charge on any atom is -0.208 e. The van der Waals surface area contributed by atoms with Crippen LogP contribution in [0.2, 0.25) is 0 Å². The Morgan fingerprint density at radius 1 is 1.44 bits per heavy atom. The van der Waals surface area contributed by atoms with Crippen molar-refractivity contribution >= 4 is 29.2 Å². The molecule has 1 rings (SSSR count). The third kappa shape index (κ3) is 1.55. The zero-order valence-electron chi connectivity index (χ0n) is 4.57. The SMILES string of the molecule is [B]c1ccc(Br)cc1F. The van der Waals surface area contributed by atoms with Crippen molar-refractivity contribution < 1.29 is 4.39 Å². The van der Waals surface area contributed by atoms with E-state index in [1.165, 1.54) is 12.1 Å². The van der Waals surface area contributed by atoms with Crippen LogP contribution in [0, 0.1) is 5.82 Å². The molecular formula is C6H3BBrF. The van der Waals surface area contributed by atoms with Crippen LogP contribution in [0.3, 0.4) is 0 Å². The summed E-state index contributed by atoms with van der Waals surface area (Å²) in [5.41, 5.74) is 0.179. The Kier molecular flexibility index (Phi) is 1.91. The van der Waals surface area contributed by atoms with Crippen LogP contribution in [0.15, 0.2) is 22.7 Å². The highest BCUT2D eigenvalue weighted by Gasteiger charge is 1.93. The standard InChI is InChI=1S/C6H3BBrF/c7-5-2-1-4(8)3-6(5)9/h1-3H. The lowest BCUT2D eigenvalue weighted by Crippen LogP contribution is -2.06. The second kappa shape index (κ2) is 2.52. The van der Waals surface area contributed by atoms with Gasteiger partial charge in [-0.25, -0.2) is 4.39 Å². The average molecular weight is 185 g/mol. The summed E-state index contributed by atoms with van der Waals surface area (Å²) in [5.74, 6) is -0.385. The van der Waals surface area contributed by atoms with Crippen LogP contribution in [0.5, 0.6) is 0 Å². The van der Waals surface area contributed by atoms with Gasteiger partial charge in [0.05, 0.1) is 0 Å². The first-order valence-electron chi connectivity index (χ1n) is 2.40. The fraction of sp³-hybridized carbons (Fsp3) is 0. The molecule has 0 saturated heterocycles. The number of hydrogen-bond donors (Lipinski definition) is 0. The smallest absolute Gasteiger partial charge is 0.117 e. The van der Waals surface area contributed by atoms with E-state index < -0.39 is 0 Å². The van der Waals surface area contributed by atoms with Crippen LogP contribution in [0.4, 0.5) is 4.39 Å². The summed E-state index contributed by atoms with van der Waals surface area (Å²) in [6, 6.07) is 4.53. The first kappa shape index (κ1) is 6.81. The van der Waals surface area contributed by atoms with Crippen LogP contribution in [0.25, 0.3) is 0 Å². The molecule has 0 nitrogen and oxygen atoms in total. The first-order valence-corrected chi connectivity index (χ1v) is 3.20. The molecule has 0 spiro atoms. The number of hydrogen-bond acceptors (Lipinski definition) is 0. The van der Waals surface area contributed by atoms with Crippen molar-refractivity contribution in [1.82, 2.24) is 0 Å². The van der Waals surface area contributed by atoms with E-state index in [0.717, 1.165) is 0 Å². The molecule has 0 unspecified atom stereocenters. The monoisotopic (exact) mass is 184 g/mol. The van der Waals surface area contributed by atoms with Gasteiger partial charge in [-0.05, 0) is 12.1 Å². The van der Waals surface area contributed by atoms with E-state index in [2.05, 4.69) is 15.9 Å². The van der Waals surface area contributed by atoms with Gasteiger partial charge in [-0.2, -0.15) is 0 Å². The maximum Gasteiger partial charge on any atom is 0.117 e. The molecule has 0 amide bonds. The molecule has 1 aromatic carbocycles. The highest BCUT2D eigenvalue weighted by molar-refractivity contribution is 9.10. The van der Waals surface area contributed by atoms with E-state index in [0.29, 0.717) is 4.47 Å². The van der Waals surface area contributed by atoms with Crippen LogP contribution in [-0.4, -0.2) is 7.85 Å². The van der Waals surface area contributed by atoms with Crippen molar-refractivity contribution in [2.45, 2.75) is 0 Å². The Morgan fingerprint density at radius 3 is 2.56 bits per heavy atom. The lowest BCUT2D eigenvalue weighted by molar-refractivity contribution is 0.635. The highest BCUT2D eigenvalue weighted by atomic mass is 79.9. The Balaban J connectivity index is 3.17. The predicted molar refractivity (Wildman–Crippen MR) is 39.5 cm³/mol. The van der Waals surface area contributed by atoms with Gasteiger partial charge in [0, 0.05) is 4.47 Å². The number of rotatable bonds is 0. The molecule has 0 heterocycles. The van der Waals surface area contributed by atoms with Crippen molar-refractivity contribution in [2.24, 2.45) is 0 Å². The molecule has 0 N–H and O–H groups in total. The van der Waals surface area contributed by atoms with Gasteiger partial charge in [0.1, 0.15) is 13.7 Å². The molecule has 0 atom stereocenters. The van der Waals surface area contributed by atoms with E-state index in [-0.39, 0.29) is 11.3 Å². The molecule has 0 aliphatic heterocycles. The van der Waals surface area contributed by atoms with Gasteiger partial charge in [-0.3, -0.25) is 0 Å². The summed E-state index contributed by atoms with van der Waals surface area (Å²) >= 11 is 3.10. The van der Waals surface area contributed by atoms with Crippen LogP contribution < -0.4 is 5.46 Å². The summed E-state index contributed by atoms with van der Waals surface area (Å²) in [4.78, 5) is 0. The van der Waals surface area contributed by atoms with Crippen LogP contribution >= 0.6 is 15.9 Å². The maximum absolute atomic E-state index is 12.4. The Hall–Kier alpha value is -0.305. The molecule has 0 saturated carbocycles. The summed E-state index contributed by atoms with van der Waals surface area (Å²) in [6.45, 7) is 0. The third-order valence-corrected chi connectivity index (χ3v) is 1.46. The van der Waals surface area contributed by atoms with Gasteiger partial charge in [0.15, 0.2) is 0 Å². The third-order valence-electron chi connectivity index (χ3n) is 0.962. The first-order chi connectivity index (χ1) is 4.20. The minimum absolute atomic E-state index is 0.179. The second-order valence-electron chi connectivity index (χ2n) is 1.67. The summed E-state index contributed by atoms with van der Waals surface area (Å²) in [6.07, 6.45) is 0. The molecule has 0 bridgehead atoms. The summed E-state index contributed by atoms with van der Waals surface area (Å²) < 4.78 is 13.1. The molecule has 0 aromatic heterocycles. The zero-order valence-corrected chi connectivity index (χ0v) is 6.15. The molecule has 0 aliphatic carbocycles. The molecule has 1 aromatic rings. The van der Waals surface area contributed by atoms with E-state index in [1.54, 1.807) is 6.07 Å². The maximum atomic E-state index is 12.4. The largest absolute Gasteiger partial charge is 0.208 e. The lowest BCUT2D eigenvalue weighted by Gasteiger charge is -1.94. The molecule has 44 valence electrons. The van der Waals surface area contributed by atoms with Crippen LogP contribution in [0.1, 0.15) is 0 Å². The fourth-order valence-electron chi connectivity index (χ4n) is 0.502. The molecule has 2 radical (unpaired) electrons. The second-order valence-corrected chi connectivity index (χ2v) is 2.58. The van der Waals surface area contributed by atoms with E-state index in [4.69, 9.17) is 7.85 Å². The van der Waals surface area contributed by atoms with Gasteiger partial charge in [0.25, 0.3) is 0 Å². The Bertz CT molecular complexity index is 224. The Morgan fingerprint density at radius 2 is 2.11 bits per heavy atom. The van der Waals surface area contributed by atoms with Gasteiger partial charge in [-0.15, -0.1) is 0 Å². The van der Waals surface area contributed by atoms with Gasteiger partial charge in [0.2, 0.25) is 0 Å². The van der Waals surface area contributed by atoms with Crippen LogP contribution in [-0.2, 0) is 0 Å². The van der Waals surface area contributed by atoms with Crippen molar-refractivity contribution in [2.75, 3.05) is 0 Å². The topological polar surface area (TPSA) is 0 Å². The number of benzene rings is 1. The van der Waals surface area contributed by atoms with Crippen molar-refractivity contribution in [3.05, 3.63) is 28.5 Å². The van der Waals surface area contributed by atoms with E-state index in [1.807, 2.05) is 0 Å². The van der Waals surface area contributed by atoms with E-state index in [9.17, 15) is 4.39 Å². The quantitative estimate of drug-likeness (QED) is 0.535. The van der Waals surface area contributed by atoms with Crippen molar-refractivity contribution in [3.8, 4) is 0 Å². The summed E-state index contributed by atoms with van der Waals surface area (Å²) in [5, 5.41) is 0. The molecule has 0 aliphatic rings. The normalized spacial score (nSPS) is 9.56. The zero-order chi connectivity index (χ0) is 6.85. The van der Waals surface area contributed by atoms with Crippen molar-refractivity contribution in [1.29, 1.82) is 0 Å². The van der Waals surface area contributed by atoms with Gasteiger partial charge >= 0.3 is 0 Å². The summed E-state index contributed by atoms with van der Waals surface area (Å²) in [7, 11) is 5.19. The molecule has 0 fully saturated rings. The highest BCUT2D eigenvalue weighted by Crippen LogP contribution is 2.07. The molecule has 9 heavy (non-hydrogen) atoms. The predicted octanol–water partition coefficient (Wildman–Crippen LogP) is 1.38.